The monoisotopic (exact) mass is 369 g/mol. The zero-order valence-electron chi connectivity index (χ0n) is 14.3. The number of phenols is 2. The average molecular weight is 369 g/mol. The summed E-state index contributed by atoms with van der Waals surface area (Å²) in [6, 6.07) is 11.7. The second kappa shape index (κ2) is 7.33. The molecule has 0 saturated heterocycles. The number of ether oxygens (including phenoxy) is 1. The van der Waals surface area contributed by atoms with Gasteiger partial charge < -0.3 is 20.3 Å². The minimum atomic E-state index is -0.973. The highest BCUT2D eigenvalue weighted by Gasteiger charge is 2.19. The average Bonchev–Trinajstić information content (AvgIpc) is 2.66. The van der Waals surface area contributed by atoms with Crippen LogP contribution in [0.3, 0.4) is 0 Å². The van der Waals surface area contributed by atoms with Crippen LogP contribution < -0.4 is 5.32 Å². The van der Waals surface area contributed by atoms with Crippen LogP contribution in [0.25, 0.3) is 10.8 Å². The molecular weight excluding hydrogens is 353 g/mol. The Morgan fingerprint density at radius 1 is 1.07 bits per heavy atom. The molecule has 27 heavy (non-hydrogen) atoms. The van der Waals surface area contributed by atoms with Crippen LogP contribution in [0.15, 0.2) is 48.5 Å². The second-order valence-electron chi connectivity index (χ2n) is 5.93. The highest BCUT2D eigenvalue weighted by molar-refractivity contribution is 6.04. The zero-order valence-corrected chi connectivity index (χ0v) is 14.3. The number of aromatic hydroxyl groups is 2. The molecule has 0 aromatic heterocycles. The molecular formula is C20H16FNO5. The number of nitrogens with one attached hydrogen (secondary N) is 1. The van der Waals surface area contributed by atoms with Crippen molar-refractivity contribution >= 4 is 28.3 Å². The van der Waals surface area contributed by atoms with E-state index in [4.69, 9.17) is 4.74 Å². The first kappa shape index (κ1) is 18.2. The van der Waals surface area contributed by atoms with Crippen LogP contribution in [-0.2, 0) is 9.53 Å². The molecule has 3 aromatic carbocycles. The van der Waals surface area contributed by atoms with E-state index in [1.54, 1.807) is 31.2 Å². The van der Waals surface area contributed by atoms with Gasteiger partial charge in [-0.05, 0) is 30.7 Å². The summed E-state index contributed by atoms with van der Waals surface area (Å²) in [6.45, 7) is 0.954. The number of halogens is 1. The number of amides is 1. The van der Waals surface area contributed by atoms with E-state index < -0.39 is 24.3 Å². The van der Waals surface area contributed by atoms with E-state index in [1.165, 1.54) is 12.1 Å². The molecule has 0 radical (unpaired) electrons. The van der Waals surface area contributed by atoms with Crippen LogP contribution >= 0.6 is 0 Å². The maximum atomic E-state index is 13.5. The minimum absolute atomic E-state index is 0.199. The summed E-state index contributed by atoms with van der Waals surface area (Å²) in [4.78, 5) is 24.1. The zero-order chi connectivity index (χ0) is 19.6. The van der Waals surface area contributed by atoms with Crippen LogP contribution in [0.2, 0.25) is 0 Å². The van der Waals surface area contributed by atoms with Crippen LogP contribution in [-0.4, -0.2) is 28.7 Å². The van der Waals surface area contributed by atoms with Gasteiger partial charge in [-0.25, -0.2) is 9.18 Å². The smallest absolute Gasteiger partial charge is 0.342 e. The van der Waals surface area contributed by atoms with Gasteiger partial charge in [0, 0.05) is 16.5 Å². The Morgan fingerprint density at radius 3 is 2.48 bits per heavy atom. The quantitative estimate of drug-likeness (QED) is 0.483. The van der Waals surface area contributed by atoms with E-state index in [-0.39, 0.29) is 28.1 Å². The summed E-state index contributed by atoms with van der Waals surface area (Å²) >= 11 is 0. The van der Waals surface area contributed by atoms with Gasteiger partial charge in [0.05, 0.1) is 0 Å². The highest BCUT2D eigenvalue weighted by Crippen LogP contribution is 2.35. The Bertz CT molecular complexity index is 1050. The molecule has 0 aliphatic carbocycles. The number of carbonyl (C=O) groups is 2. The fourth-order valence-corrected chi connectivity index (χ4v) is 2.57. The van der Waals surface area contributed by atoms with Crippen molar-refractivity contribution in [3.05, 3.63) is 65.5 Å². The lowest BCUT2D eigenvalue weighted by Crippen LogP contribution is -2.21. The second-order valence-corrected chi connectivity index (χ2v) is 5.93. The van der Waals surface area contributed by atoms with Crippen molar-refractivity contribution in [3.63, 3.8) is 0 Å². The molecule has 3 aromatic rings. The van der Waals surface area contributed by atoms with E-state index in [2.05, 4.69) is 5.32 Å². The number of anilines is 1. The molecule has 0 heterocycles. The van der Waals surface area contributed by atoms with Crippen molar-refractivity contribution in [2.75, 3.05) is 11.9 Å². The van der Waals surface area contributed by atoms with Gasteiger partial charge in [0.25, 0.3) is 5.91 Å². The Labute approximate surface area is 153 Å². The molecule has 3 N–H and O–H groups in total. The Kier molecular flexibility index (Phi) is 4.94. The molecule has 6 nitrogen and oxygen atoms in total. The fraction of sp³-hybridized carbons (Fsp3) is 0.100. The van der Waals surface area contributed by atoms with Gasteiger partial charge in [-0.15, -0.1) is 0 Å². The lowest BCUT2D eigenvalue weighted by molar-refractivity contribution is -0.119. The van der Waals surface area contributed by atoms with Gasteiger partial charge in [-0.1, -0.05) is 30.3 Å². The third-order valence-electron chi connectivity index (χ3n) is 4.00. The van der Waals surface area contributed by atoms with Crippen molar-refractivity contribution < 1.29 is 28.9 Å². The molecule has 0 fully saturated rings. The van der Waals surface area contributed by atoms with Crippen molar-refractivity contribution in [2.24, 2.45) is 0 Å². The van der Waals surface area contributed by atoms with E-state index in [0.717, 1.165) is 12.1 Å². The summed E-state index contributed by atoms with van der Waals surface area (Å²) < 4.78 is 18.4. The predicted octanol–water partition coefficient (Wildman–Crippen LogP) is 3.49. The normalized spacial score (nSPS) is 10.6. The van der Waals surface area contributed by atoms with Crippen LogP contribution in [0, 0.1) is 12.7 Å². The van der Waals surface area contributed by atoms with Crippen LogP contribution in [0.5, 0.6) is 11.5 Å². The summed E-state index contributed by atoms with van der Waals surface area (Å²) in [6.07, 6.45) is 0. The van der Waals surface area contributed by atoms with Gasteiger partial charge in [0.15, 0.2) is 6.61 Å². The lowest BCUT2D eigenvalue weighted by Gasteiger charge is -2.10. The summed E-state index contributed by atoms with van der Waals surface area (Å²) in [5.74, 6) is -2.67. The van der Waals surface area contributed by atoms with Crippen molar-refractivity contribution in [1.29, 1.82) is 0 Å². The first-order chi connectivity index (χ1) is 12.9. The number of benzene rings is 3. The number of fused-ring (bicyclic) bond motifs is 1. The lowest BCUT2D eigenvalue weighted by atomic mass is 10.0. The van der Waals surface area contributed by atoms with Gasteiger partial charge in [0.1, 0.15) is 22.9 Å². The number of hydrogen-bond acceptors (Lipinski definition) is 5. The number of carbonyl (C=O) groups excluding carboxylic acids is 2. The molecule has 0 aliphatic rings. The third-order valence-corrected chi connectivity index (χ3v) is 4.00. The first-order valence-electron chi connectivity index (χ1n) is 8.03. The summed E-state index contributed by atoms with van der Waals surface area (Å²) in [5.41, 5.74) is 0.400. The molecule has 0 bridgehead atoms. The molecule has 0 spiro atoms. The van der Waals surface area contributed by atoms with E-state index in [9.17, 15) is 24.2 Å². The number of phenolic OH excluding ortho intramolecular Hbond substituents is 2. The van der Waals surface area contributed by atoms with Gasteiger partial charge in [0.2, 0.25) is 0 Å². The van der Waals surface area contributed by atoms with E-state index >= 15 is 0 Å². The standard InChI is InChI=1S/C20H16FNO5/c1-11-6-7-12(8-16(11)21)22-18(24)10-27-20(26)15-9-17(23)13-4-2-3-5-14(13)19(15)25/h2-9,23,25H,10H2,1H3,(H,22,24). The van der Waals surface area contributed by atoms with E-state index in [0.29, 0.717) is 10.9 Å². The first-order valence-corrected chi connectivity index (χ1v) is 8.03. The SMILES string of the molecule is Cc1ccc(NC(=O)COC(=O)c2cc(O)c3ccccc3c2O)cc1F. The fourth-order valence-electron chi connectivity index (χ4n) is 2.57. The van der Waals surface area contributed by atoms with Gasteiger partial charge >= 0.3 is 5.97 Å². The largest absolute Gasteiger partial charge is 0.507 e. The Morgan fingerprint density at radius 2 is 1.78 bits per heavy atom. The van der Waals surface area contributed by atoms with Gasteiger partial charge in [-0.3, -0.25) is 4.79 Å². The molecule has 138 valence electrons. The number of rotatable bonds is 4. The highest BCUT2D eigenvalue weighted by atomic mass is 19.1. The number of hydrogen-bond donors (Lipinski definition) is 3. The van der Waals surface area contributed by atoms with Crippen molar-refractivity contribution in [3.8, 4) is 11.5 Å². The Balaban J connectivity index is 1.70. The summed E-state index contributed by atoms with van der Waals surface area (Å²) in [5, 5.41) is 23.3. The minimum Gasteiger partial charge on any atom is -0.507 e. The van der Waals surface area contributed by atoms with E-state index in [1.807, 2.05) is 0 Å². The molecule has 0 unspecified atom stereocenters. The Hall–Kier alpha value is -3.61. The molecule has 3 rings (SSSR count). The number of aryl methyl sites for hydroxylation is 1. The summed E-state index contributed by atoms with van der Waals surface area (Å²) in [7, 11) is 0. The molecule has 1 amide bonds. The van der Waals surface area contributed by atoms with Crippen LogP contribution in [0.4, 0.5) is 10.1 Å². The molecule has 7 heteroatoms. The maximum absolute atomic E-state index is 13.5. The molecule has 0 atom stereocenters. The number of esters is 1. The molecule has 0 saturated carbocycles. The topological polar surface area (TPSA) is 95.9 Å². The van der Waals surface area contributed by atoms with Crippen molar-refractivity contribution in [2.45, 2.75) is 6.92 Å². The van der Waals surface area contributed by atoms with Crippen molar-refractivity contribution in [1.82, 2.24) is 0 Å². The maximum Gasteiger partial charge on any atom is 0.342 e. The molecule has 0 aliphatic heterocycles. The van der Waals surface area contributed by atoms with Gasteiger partial charge in [-0.2, -0.15) is 0 Å². The predicted molar refractivity (Wildman–Crippen MR) is 97.3 cm³/mol. The third kappa shape index (κ3) is 3.82. The van der Waals surface area contributed by atoms with Crippen LogP contribution in [0.1, 0.15) is 15.9 Å².